The third kappa shape index (κ3) is 3.85. The maximum absolute atomic E-state index is 12.4. The van der Waals surface area contributed by atoms with Gasteiger partial charge in [-0.05, 0) is 36.4 Å². The maximum Gasteiger partial charge on any atom is 0.255 e. The molecule has 3 rings (SSSR count). The fraction of sp³-hybridized carbons (Fsp3) is 0.211. The van der Waals surface area contributed by atoms with Gasteiger partial charge in [0.15, 0.2) is 11.5 Å². The van der Waals surface area contributed by atoms with Gasteiger partial charge in [-0.3, -0.25) is 9.59 Å². The molecule has 0 aliphatic carbocycles. The molecule has 0 aliphatic rings. The van der Waals surface area contributed by atoms with Gasteiger partial charge in [0, 0.05) is 29.8 Å². The summed E-state index contributed by atoms with van der Waals surface area (Å²) in [5.41, 5.74) is 3.05. The zero-order chi connectivity index (χ0) is 18.0. The number of nitrogens with zero attached hydrogens (tertiary/aromatic N) is 1. The summed E-state index contributed by atoms with van der Waals surface area (Å²) in [7, 11) is 0. The summed E-state index contributed by atoms with van der Waals surface area (Å²) in [6.07, 6.45) is 0. The van der Waals surface area contributed by atoms with Crippen molar-refractivity contribution in [3.05, 3.63) is 53.9 Å². The van der Waals surface area contributed by atoms with Crippen LogP contribution in [0.25, 0.3) is 11.1 Å². The van der Waals surface area contributed by atoms with Crippen LogP contribution in [0.5, 0.6) is 0 Å². The SMILES string of the molecule is CC(=O)Nc1cccc(C(=O)Nc2ccc3oc(C(C)C)nc3c2)c1. The Morgan fingerprint density at radius 3 is 2.52 bits per heavy atom. The van der Waals surface area contributed by atoms with E-state index >= 15 is 0 Å². The van der Waals surface area contributed by atoms with Gasteiger partial charge in [-0.25, -0.2) is 4.98 Å². The van der Waals surface area contributed by atoms with Crippen molar-refractivity contribution in [1.82, 2.24) is 4.98 Å². The van der Waals surface area contributed by atoms with Crippen molar-refractivity contribution in [2.24, 2.45) is 0 Å². The molecule has 6 nitrogen and oxygen atoms in total. The molecule has 2 aromatic carbocycles. The molecular weight excluding hydrogens is 318 g/mol. The number of amides is 2. The minimum atomic E-state index is -0.265. The molecule has 2 N–H and O–H groups in total. The first kappa shape index (κ1) is 16.7. The molecule has 0 atom stereocenters. The van der Waals surface area contributed by atoms with Crippen LogP contribution in [-0.4, -0.2) is 16.8 Å². The van der Waals surface area contributed by atoms with Crippen LogP contribution in [0.4, 0.5) is 11.4 Å². The van der Waals surface area contributed by atoms with E-state index < -0.39 is 0 Å². The van der Waals surface area contributed by atoms with Crippen LogP contribution in [-0.2, 0) is 4.79 Å². The van der Waals surface area contributed by atoms with Gasteiger partial charge in [0.1, 0.15) is 5.52 Å². The molecule has 6 heteroatoms. The fourth-order valence-electron chi connectivity index (χ4n) is 2.41. The zero-order valence-corrected chi connectivity index (χ0v) is 14.3. The summed E-state index contributed by atoms with van der Waals surface area (Å²) in [6.45, 7) is 5.44. The number of hydrogen-bond donors (Lipinski definition) is 2. The standard InChI is InChI=1S/C19H19N3O3/c1-11(2)19-22-16-10-15(7-8-17(16)25-19)21-18(24)13-5-4-6-14(9-13)20-12(3)23/h4-11H,1-3H3,(H,20,23)(H,21,24). The predicted octanol–water partition coefficient (Wildman–Crippen LogP) is 4.16. The van der Waals surface area contributed by atoms with E-state index in [1.165, 1.54) is 6.92 Å². The Morgan fingerprint density at radius 1 is 1.04 bits per heavy atom. The van der Waals surface area contributed by atoms with Gasteiger partial charge >= 0.3 is 0 Å². The largest absolute Gasteiger partial charge is 0.440 e. The Balaban J connectivity index is 1.80. The van der Waals surface area contributed by atoms with Crippen molar-refractivity contribution in [1.29, 1.82) is 0 Å². The highest BCUT2D eigenvalue weighted by Crippen LogP contribution is 2.24. The Kier molecular flexibility index (Phi) is 4.52. The van der Waals surface area contributed by atoms with E-state index in [1.54, 1.807) is 42.5 Å². The van der Waals surface area contributed by atoms with Crippen molar-refractivity contribution in [3.63, 3.8) is 0 Å². The lowest BCUT2D eigenvalue weighted by Crippen LogP contribution is -2.13. The van der Waals surface area contributed by atoms with Crippen molar-refractivity contribution in [2.75, 3.05) is 10.6 Å². The van der Waals surface area contributed by atoms with Gasteiger partial charge in [-0.2, -0.15) is 0 Å². The molecule has 2 amide bonds. The Hall–Kier alpha value is -3.15. The number of carbonyl (C=O) groups excluding carboxylic acids is 2. The highest BCUT2D eigenvalue weighted by molar-refractivity contribution is 6.05. The average Bonchev–Trinajstić information content (AvgIpc) is 2.98. The molecule has 0 saturated carbocycles. The third-order valence-electron chi connectivity index (χ3n) is 3.60. The lowest BCUT2D eigenvalue weighted by molar-refractivity contribution is -0.114. The highest BCUT2D eigenvalue weighted by Gasteiger charge is 2.12. The summed E-state index contributed by atoms with van der Waals surface area (Å²) in [6, 6.07) is 12.1. The smallest absolute Gasteiger partial charge is 0.255 e. The van der Waals surface area contributed by atoms with Crippen LogP contribution in [0.15, 0.2) is 46.9 Å². The number of anilines is 2. The predicted molar refractivity (Wildman–Crippen MR) is 96.8 cm³/mol. The van der Waals surface area contributed by atoms with E-state index in [-0.39, 0.29) is 17.7 Å². The molecule has 0 fully saturated rings. The van der Waals surface area contributed by atoms with E-state index in [1.807, 2.05) is 13.8 Å². The quantitative estimate of drug-likeness (QED) is 0.748. The molecule has 0 spiro atoms. The van der Waals surface area contributed by atoms with Crippen LogP contribution in [0.2, 0.25) is 0 Å². The van der Waals surface area contributed by atoms with Gasteiger partial charge in [-0.15, -0.1) is 0 Å². The number of aromatic nitrogens is 1. The summed E-state index contributed by atoms with van der Waals surface area (Å²) >= 11 is 0. The van der Waals surface area contributed by atoms with Gasteiger partial charge in [0.05, 0.1) is 0 Å². The van der Waals surface area contributed by atoms with E-state index in [4.69, 9.17) is 4.42 Å². The van der Waals surface area contributed by atoms with E-state index in [0.717, 1.165) is 0 Å². The van der Waals surface area contributed by atoms with Crippen molar-refractivity contribution < 1.29 is 14.0 Å². The summed E-state index contributed by atoms with van der Waals surface area (Å²) in [5.74, 6) is 0.414. The second kappa shape index (κ2) is 6.76. The number of benzene rings is 2. The first-order valence-electron chi connectivity index (χ1n) is 8.02. The summed E-state index contributed by atoms with van der Waals surface area (Å²) in [5, 5.41) is 5.50. The Morgan fingerprint density at radius 2 is 1.80 bits per heavy atom. The first-order chi connectivity index (χ1) is 11.9. The highest BCUT2D eigenvalue weighted by atomic mass is 16.3. The minimum Gasteiger partial charge on any atom is -0.440 e. The average molecular weight is 337 g/mol. The van der Waals surface area contributed by atoms with E-state index in [9.17, 15) is 9.59 Å². The second-order valence-electron chi connectivity index (χ2n) is 6.11. The molecule has 25 heavy (non-hydrogen) atoms. The Bertz CT molecular complexity index is 944. The molecule has 0 aliphatic heterocycles. The molecule has 0 saturated heterocycles. The van der Waals surface area contributed by atoms with Gasteiger partial charge in [0.2, 0.25) is 5.91 Å². The first-order valence-corrected chi connectivity index (χ1v) is 8.02. The molecule has 0 radical (unpaired) electrons. The normalized spacial score (nSPS) is 10.9. The number of hydrogen-bond acceptors (Lipinski definition) is 4. The topological polar surface area (TPSA) is 84.2 Å². The van der Waals surface area contributed by atoms with E-state index in [0.29, 0.717) is 33.9 Å². The summed E-state index contributed by atoms with van der Waals surface area (Å²) in [4.78, 5) is 28.0. The van der Waals surface area contributed by atoms with E-state index in [2.05, 4.69) is 15.6 Å². The van der Waals surface area contributed by atoms with Crippen LogP contribution in [0.3, 0.4) is 0 Å². The summed E-state index contributed by atoms with van der Waals surface area (Å²) < 4.78 is 5.66. The maximum atomic E-state index is 12.4. The lowest BCUT2D eigenvalue weighted by Gasteiger charge is -2.07. The van der Waals surface area contributed by atoms with Crippen molar-refractivity contribution in [2.45, 2.75) is 26.7 Å². The zero-order valence-electron chi connectivity index (χ0n) is 14.3. The van der Waals surface area contributed by atoms with Crippen LogP contribution in [0, 0.1) is 0 Å². The number of carbonyl (C=O) groups is 2. The number of oxazole rings is 1. The number of rotatable bonds is 4. The Labute approximate surface area is 145 Å². The monoisotopic (exact) mass is 337 g/mol. The molecule has 128 valence electrons. The van der Waals surface area contributed by atoms with Gasteiger partial charge in [0.25, 0.3) is 5.91 Å². The third-order valence-corrected chi connectivity index (χ3v) is 3.60. The minimum absolute atomic E-state index is 0.185. The molecule has 0 bridgehead atoms. The molecular formula is C19H19N3O3. The molecule has 1 heterocycles. The van der Waals surface area contributed by atoms with Crippen LogP contribution >= 0.6 is 0 Å². The fourth-order valence-corrected chi connectivity index (χ4v) is 2.41. The molecule has 3 aromatic rings. The van der Waals surface area contributed by atoms with Crippen LogP contribution < -0.4 is 10.6 Å². The molecule has 1 aromatic heterocycles. The van der Waals surface area contributed by atoms with Crippen molar-refractivity contribution >= 4 is 34.3 Å². The van der Waals surface area contributed by atoms with Crippen LogP contribution in [0.1, 0.15) is 42.9 Å². The number of nitrogens with one attached hydrogen (secondary N) is 2. The number of fused-ring (bicyclic) bond motifs is 1. The second-order valence-corrected chi connectivity index (χ2v) is 6.11. The lowest BCUT2D eigenvalue weighted by atomic mass is 10.1. The van der Waals surface area contributed by atoms with Crippen molar-refractivity contribution in [3.8, 4) is 0 Å². The van der Waals surface area contributed by atoms with Gasteiger partial charge < -0.3 is 15.1 Å². The van der Waals surface area contributed by atoms with Gasteiger partial charge in [-0.1, -0.05) is 19.9 Å². The molecule has 0 unspecified atom stereocenters.